The van der Waals surface area contributed by atoms with Crippen LogP contribution in [0.25, 0.3) is 0 Å². The van der Waals surface area contributed by atoms with Gasteiger partial charge in [-0.1, -0.05) is 25.1 Å². The van der Waals surface area contributed by atoms with E-state index in [-0.39, 0.29) is 5.56 Å². The van der Waals surface area contributed by atoms with Gasteiger partial charge in [0.2, 0.25) is 5.88 Å². The van der Waals surface area contributed by atoms with E-state index in [1.54, 1.807) is 18.2 Å². The molecule has 1 N–H and O–H groups in total. The summed E-state index contributed by atoms with van der Waals surface area (Å²) in [6.45, 7) is 1.92. The summed E-state index contributed by atoms with van der Waals surface area (Å²) in [5.41, 5.74) is 0.883. The molecular formula is C14H13NO3. The van der Waals surface area contributed by atoms with Crippen LogP contribution in [0.3, 0.4) is 0 Å². The lowest BCUT2D eigenvalue weighted by Gasteiger charge is -2.07. The molecule has 1 heterocycles. The Bertz CT molecular complexity index is 552. The first-order valence-electron chi connectivity index (χ1n) is 5.66. The van der Waals surface area contributed by atoms with Gasteiger partial charge >= 0.3 is 5.97 Å². The number of ether oxygens (including phenoxy) is 1. The van der Waals surface area contributed by atoms with Crippen molar-refractivity contribution < 1.29 is 14.6 Å². The number of carboxylic acid groups (broad SMARTS) is 1. The zero-order chi connectivity index (χ0) is 13.0. The molecule has 0 atom stereocenters. The Labute approximate surface area is 105 Å². The SMILES string of the molecule is CCc1cc(C(=O)O)cc(Oc2ccccc2)n1. The Balaban J connectivity index is 2.32. The highest BCUT2D eigenvalue weighted by molar-refractivity contribution is 5.88. The first-order chi connectivity index (χ1) is 8.69. The van der Waals surface area contributed by atoms with Crippen molar-refractivity contribution in [1.82, 2.24) is 4.98 Å². The number of aromatic carboxylic acids is 1. The summed E-state index contributed by atoms with van der Waals surface area (Å²) in [5, 5.41) is 9.01. The van der Waals surface area contributed by atoms with Crippen LogP contribution in [0.15, 0.2) is 42.5 Å². The van der Waals surface area contributed by atoms with Crippen LogP contribution in [-0.2, 0) is 6.42 Å². The Kier molecular flexibility index (Phi) is 3.57. The maximum atomic E-state index is 11.0. The van der Waals surface area contributed by atoms with Crippen molar-refractivity contribution in [2.45, 2.75) is 13.3 Å². The number of benzene rings is 1. The Morgan fingerprint density at radius 2 is 2.00 bits per heavy atom. The van der Waals surface area contributed by atoms with Crippen LogP contribution in [0.1, 0.15) is 23.0 Å². The molecule has 92 valence electrons. The molecule has 0 spiro atoms. The third kappa shape index (κ3) is 2.85. The van der Waals surface area contributed by atoms with Crippen molar-refractivity contribution >= 4 is 5.97 Å². The minimum atomic E-state index is -0.981. The molecule has 4 heteroatoms. The lowest BCUT2D eigenvalue weighted by Crippen LogP contribution is -2.01. The van der Waals surface area contributed by atoms with Crippen molar-refractivity contribution in [3.05, 3.63) is 53.7 Å². The molecule has 4 nitrogen and oxygen atoms in total. The first-order valence-corrected chi connectivity index (χ1v) is 5.66. The monoisotopic (exact) mass is 243 g/mol. The maximum Gasteiger partial charge on any atom is 0.335 e. The molecule has 0 saturated carbocycles. The zero-order valence-electron chi connectivity index (χ0n) is 9.96. The largest absolute Gasteiger partial charge is 0.478 e. The van der Waals surface area contributed by atoms with E-state index in [0.717, 1.165) is 0 Å². The van der Waals surface area contributed by atoms with Crippen molar-refractivity contribution in [2.24, 2.45) is 0 Å². The lowest BCUT2D eigenvalue weighted by atomic mass is 10.2. The van der Waals surface area contributed by atoms with Gasteiger partial charge in [-0.25, -0.2) is 9.78 Å². The summed E-state index contributed by atoms with van der Waals surface area (Å²) in [5.74, 6) is -0.0439. The summed E-state index contributed by atoms with van der Waals surface area (Å²) in [6.07, 6.45) is 0.659. The molecule has 0 amide bonds. The van der Waals surface area contributed by atoms with Crippen LogP contribution >= 0.6 is 0 Å². The van der Waals surface area contributed by atoms with E-state index in [1.807, 2.05) is 25.1 Å². The van der Waals surface area contributed by atoms with Crippen LogP contribution in [0.2, 0.25) is 0 Å². The van der Waals surface area contributed by atoms with E-state index in [2.05, 4.69) is 4.98 Å². The highest BCUT2D eigenvalue weighted by Gasteiger charge is 2.09. The molecule has 0 fully saturated rings. The van der Waals surface area contributed by atoms with Gasteiger partial charge in [-0.05, 0) is 24.6 Å². The quantitative estimate of drug-likeness (QED) is 0.896. The van der Waals surface area contributed by atoms with Crippen molar-refractivity contribution in [3.63, 3.8) is 0 Å². The highest BCUT2D eigenvalue weighted by atomic mass is 16.5. The average Bonchev–Trinajstić information content (AvgIpc) is 2.39. The summed E-state index contributed by atoms with van der Waals surface area (Å²) < 4.78 is 5.54. The smallest absolute Gasteiger partial charge is 0.335 e. The molecule has 0 radical (unpaired) electrons. The zero-order valence-corrected chi connectivity index (χ0v) is 9.96. The predicted molar refractivity (Wildman–Crippen MR) is 67.1 cm³/mol. The van der Waals surface area contributed by atoms with Gasteiger partial charge in [-0.3, -0.25) is 0 Å². The number of hydrogen-bond donors (Lipinski definition) is 1. The maximum absolute atomic E-state index is 11.0. The second-order valence-electron chi connectivity index (χ2n) is 3.76. The fraction of sp³-hybridized carbons (Fsp3) is 0.143. The fourth-order valence-corrected chi connectivity index (χ4v) is 1.53. The number of pyridine rings is 1. The van der Waals surface area contributed by atoms with Gasteiger partial charge in [-0.15, -0.1) is 0 Å². The van der Waals surface area contributed by atoms with Gasteiger partial charge in [0.05, 0.1) is 5.56 Å². The number of carbonyl (C=O) groups is 1. The summed E-state index contributed by atoms with van der Waals surface area (Å²) in [4.78, 5) is 15.2. The minimum absolute atomic E-state index is 0.188. The first kappa shape index (κ1) is 12.1. The molecule has 0 bridgehead atoms. The standard InChI is InChI=1S/C14H13NO3/c1-2-11-8-10(14(16)17)9-13(15-11)18-12-6-4-3-5-7-12/h3-9H,2H2,1H3,(H,16,17). The van der Waals surface area contributed by atoms with Crippen LogP contribution < -0.4 is 4.74 Å². The minimum Gasteiger partial charge on any atom is -0.478 e. The van der Waals surface area contributed by atoms with Gasteiger partial charge in [0.1, 0.15) is 5.75 Å². The van der Waals surface area contributed by atoms with E-state index in [0.29, 0.717) is 23.7 Å². The van der Waals surface area contributed by atoms with Gasteiger partial charge in [0.15, 0.2) is 0 Å². The van der Waals surface area contributed by atoms with E-state index < -0.39 is 5.97 Å². The van der Waals surface area contributed by atoms with Gasteiger partial charge in [-0.2, -0.15) is 0 Å². The van der Waals surface area contributed by atoms with E-state index in [1.165, 1.54) is 6.07 Å². The number of hydrogen-bond acceptors (Lipinski definition) is 3. The third-order valence-electron chi connectivity index (χ3n) is 2.43. The van der Waals surface area contributed by atoms with Gasteiger partial charge in [0.25, 0.3) is 0 Å². The van der Waals surface area contributed by atoms with Gasteiger partial charge in [0, 0.05) is 11.8 Å². The molecule has 0 aliphatic heterocycles. The molecule has 2 rings (SSSR count). The summed E-state index contributed by atoms with van der Waals surface area (Å²) >= 11 is 0. The molecule has 0 aliphatic rings. The summed E-state index contributed by atoms with van der Waals surface area (Å²) in [6, 6.07) is 12.1. The number of nitrogens with zero attached hydrogens (tertiary/aromatic N) is 1. The van der Waals surface area contributed by atoms with Crippen molar-refractivity contribution in [1.29, 1.82) is 0 Å². The average molecular weight is 243 g/mol. The summed E-state index contributed by atoms with van der Waals surface area (Å²) in [7, 11) is 0. The van der Waals surface area contributed by atoms with Crippen LogP contribution in [0, 0.1) is 0 Å². The molecular weight excluding hydrogens is 230 g/mol. The molecule has 0 saturated heterocycles. The number of carboxylic acids is 1. The molecule has 1 aromatic heterocycles. The van der Waals surface area contributed by atoms with E-state index in [4.69, 9.17) is 9.84 Å². The van der Waals surface area contributed by atoms with Crippen LogP contribution in [-0.4, -0.2) is 16.1 Å². The molecule has 1 aromatic carbocycles. The van der Waals surface area contributed by atoms with Crippen molar-refractivity contribution in [3.8, 4) is 11.6 Å². The second-order valence-corrected chi connectivity index (χ2v) is 3.76. The lowest BCUT2D eigenvalue weighted by molar-refractivity contribution is 0.0696. The number of aromatic nitrogens is 1. The molecule has 18 heavy (non-hydrogen) atoms. The topological polar surface area (TPSA) is 59.4 Å². The van der Waals surface area contributed by atoms with E-state index >= 15 is 0 Å². The normalized spacial score (nSPS) is 10.1. The van der Waals surface area contributed by atoms with Crippen LogP contribution in [0.4, 0.5) is 0 Å². The molecule has 2 aromatic rings. The Morgan fingerprint density at radius 1 is 1.28 bits per heavy atom. The number of rotatable bonds is 4. The Hall–Kier alpha value is -2.36. The Morgan fingerprint density at radius 3 is 2.61 bits per heavy atom. The molecule has 0 unspecified atom stereocenters. The number of para-hydroxylation sites is 1. The number of aryl methyl sites for hydroxylation is 1. The predicted octanol–water partition coefficient (Wildman–Crippen LogP) is 3.13. The van der Waals surface area contributed by atoms with Gasteiger partial charge < -0.3 is 9.84 Å². The fourth-order valence-electron chi connectivity index (χ4n) is 1.53. The van der Waals surface area contributed by atoms with Crippen LogP contribution in [0.5, 0.6) is 11.6 Å². The van der Waals surface area contributed by atoms with E-state index in [9.17, 15) is 4.79 Å². The third-order valence-corrected chi connectivity index (χ3v) is 2.43. The van der Waals surface area contributed by atoms with Crippen molar-refractivity contribution in [2.75, 3.05) is 0 Å². The molecule has 0 aliphatic carbocycles. The second kappa shape index (κ2) is 5.31. The highest BCUT2D eigenvalue weighted by Crippen LogP contribution is 2.21.